The van der Waals surface area contributed by atoms with Crippen LogP contribution in [0.5, 0.6) is 6.01 Å². The molecular weight excluding hydrogens is 522 g/mol. The van der Waals surface area contributed by atoms with Crippen LogP contribution < -0.4 is 9.75 Å². The number of halogens is 3. The van der Waals surface area contributed by atoms with Crippen molar-refractivity contribution in [2.75, 3.05) is 37.8 Å². The second-order valence-corrected chi connectivity index (χ2v) is 11.7. The summed E-state index contributed by atoms with van der Waals surface area (Å²) in [6, 6.07) is -0.119. The first-order chi connectivity index (χ1) is 18.0. The molecule has 0 saturated carbocycles. The molecule has 38 heavy (non-hydrogen) atoms. The van der Waals surface area contributed by atoms with Crippen molar-refractivity contribution in [2.24, 2.45) is 0 Å². The average Bonchev–Trinajstić information content (AvgIpc) is 3.28. The van der Waals surface area contributed by atoms with Crippen LogP contribution in [0.2, 0.25) is 5.15 Å². The molecule has 2 aromatic heterocycles. The number of alkyl halides is 1. The monoisotopic (exact) mass is 554 g/mol. The number of carbonyl (C=O) groups is 1. The molecule has 1 N–H and O–H groups in total. The van der Waals surface area contributed by atoms with Crippen molar-refractivity contribution in [3.8, 4) is 6.01 Å². The number of carbonyl (C=O) groups excluding carboxylic acids is 1. The Morgan fingerprint density at radius 1 is 1.26 bits per heavy atom. The summed E-state index contributed by atoms with van der Waals surface area (Å²) in [4.78, 5) is 28.1. The third-order valence-corrected chi connectivity index (χ3v) is 7.53. The van der Waals surface area contributed by atoms with Crippen molar-refractivity contribution in [1.29, 1.82) is 0 Å². The summed E-state index contributed by atoms with van der Waals surface area (Å²) in [5.74, 6) is -0.676. The Labute approximate surface area is 224 Å². The zero-order valence-electron chi connectivity index (χ0n) is 21.8. The molecule has 1 amide bonds. The fourth-order valence-corrected chi connectivity index (χ4v) is 5.74. The maximum absolute atomic E-state index is 15.2. The molecule has 10 nitrogen and oxygen atoms in total. The molecule has 3 fully saturated rings. The van der Waals surface area contributed by atoms with Crippen LogP contribution in [-0.4, -0.2) is 92.3 Å². The van der Waals surface area contributed by atoms with E-state index in [4.69, 9.17) is 21.1 Å². The molecule has 3 aliphatic rings. The topological polar surface area (TPSA) is 104 Å². The molecule has 0 aliphatic carbocycles. The van der Waals surface area contributed by atoms with Crippen LogP contribution in [0.1, 0.15) is 52.9 Å². The minimum absolute atomic E-state index is 0.0456. The van der Waals surface area contributed by atoms with E-state index in [-0.39, 0.29) is 47.6 Å². The molecule has 0 bridgehead atoms. The Morgan fingerprint density at radius 2 is 2.05 bits per heavy atom. The molecule has 5 heterocycles. The van der Waals surface area contributed by atoms with Gasteiger partial charge in [0.15, 0.2) is 16.8 Å². The molecule has 13 heteroatoms. The minimum Gasteiger partial charge on any atom is -0.461 e. The molecule has 0 aromatic carbocycles. The largest absolute Gasteiger partial charge is 0.461 e. The van der Waals surface area contributed by atoms with E-state index in [0.717, 1.165) is 19.4 Å². The van der Waals surface area contributed by atoms with Gasteiger partial charge >= 0.3 is 12.1 Å². The van der Waals surface area contributed by atoms with E-state index in [1.165, 1.54) is 11.2 Å². The van der Waals surface area contributed by atoms with Crippen LogP contribution >= 0.6 is 11.6 Å². The van der Waals surface area contributed by atoms with E-state index in [2.05, 4.69) is 19.9 Å². The number of hydrazine groups is 1. The van der Waals surface area contributed by atoms with Crippen LogP contribution in [0.15, 0.2) is 6.20 Å². The number of aromatic nitrogens is 3. The molecule has 3 atom stereocenters. The van der Waals surface area contributed by atoms with Crippen molar-refractivity contribution in [3.05, 3.63) is 17.2 Å². The summed E-state index contributed by atoms with van der Waals surface area (Å²) < 4.78 is 41.1. The highest BCUT2D eigenvalue weighted by atomic mass is 35.5. The van der Waals surface area contributed by atoms with Gasteiger partial charge in [0.05, 0.1) is 23.6 Å². The lowest BCUT2D eigenvalue weighted by Gasteiger charge is -2.36. The molecule has 208 valence electrons. The second kappa shape index (κ2) is 10.2. The Bertz CT molecular complexity index is 1220. The van der Waals surface area contributed by atoms with Crippen LogP contribution in [0.3, 0.4) is 0 Å². The number of amides is 1. The minimum atomic E-state index is -0.930. The molecule has 1 unspecified atom stereocenters. The van der Waals surface area contributed by atoms with Gasteiger partial charge in [0, 0.05) is 25.7 Å². The Hall–Kier alpha value is -2.57. The van der Waals surface area contributed by atoms with E-state index in [9.17, 15) is 14.3 Å². The number of aliphatic hydroxyl groups excluding tert-OH is 1. The van der Waals surface area contributed by atoms with Crippen LogP contribution in [0.4, 0.5) is 19.4 Å². The number of pyridine rings is 1. The SMILES string of the molecule is CC(C)(C)OC(=O)N1CC(O)CCCN1c1nc(OC[C@@]23CCCN2C[C@H](F)C3)nc2c(F)c(Cl)ncc12. The van der Waals surface area contributed by atoms with Crippen molar-refractivity contribution >= 4 is 34.4 Å². The van der Waals surface area contributed by atoms with Gasteiger partial charge in [-0.1, -0.05) is 11.6 Å². The highest BCUT2D eigenvalue weighted by Gasteiger charge is 2.49. The molecule has 3 aliphatic heterocycles. The summed E-state index contributed by atoms with van der Waals surface area (Å²) in [5, 5.41) is 13.1. The zero-order valence-corrected chi connectivity index (χ0v) is 22.5. The Morgan fingerprint density at radius 3 is 2.82 bits per heavy atom. The van der Waals surface area contributed by atoms with Crippen LogP contribution in [0, 0.1) is 5.82 Å². The lowest BCUT2D eigenvalue weighted by molar-refractivity contribution is 0.0144. The number of fused-ring (bicyclic) bond motifs is 2. The molecular formula is C25H33ClF2N6O4. The fraction of sp³-hybridized carbons (Fsp3) is 0.680. The van der Waals surface area contributed by atoms with Gasteiger partial charge in [0.1, 0.15) is 23.9 Å². The normalized spacial score (nSPS) is 26.5. The molecule has 0 spiro atoms. The predicted molar refractivity (Wildman–Crippen MR) is 136 cm³/mol. The number of hydrogen-bond donors (Lipinski definition) is 1. The number of aliphatic hydroxyl groups is 1. The lowest BCUT2D eigenvalue weighted by atomic mass is 9.95. The van der Waals surface area contributed by atoms with E-state index in [0.29, 0.717) is 25.8 Å². The number of nitrogens with zero attached hydrogens (tertiary/aromatic N) is 6. The average molecular weight is 555 g/mol. The van der Waals surface area contributed by atoms with Gasteiger partial charge in [-0.25, -0.2) is 23.6 Å². The summed E-state index contributed by atoms with van der Waals surface area (Å²) in [5.41, 5.74) is -1.36. The number of hydrogen-bond acceptors (Lipinski definition) is 9. The predicted octanol–water partition coefficient (Wildman–Crippen LogP) is 3.89. The first-order valence-electron chi connectivity index (χ1n) is 13.0. The van der Waals surface area contributed by atoms with Crippen LogP contribution in [-0.2, 0) is 4.74 Å². The zero-order chi connectivity index (χ0) is 27.2. The van der Waals surface area contributed by atoms with Crippen molar-refractivity contribution < 1.29 is 28.2 Å². The van der Waals surface area contributed by atoms with Crippen molar-refractivity contribution in [2.45, 2.75) is 76.3 Å². The standard InChI is InChI=1S/C25H33ClF2N6O4/c1-24(2,3)38-23(36)34-13-16(35)6-4-9-33(34)21-17-11-29-20(26)18(28)19(17)30-22(31-21)37-14-25-7-5-8-32(25)12-15(27)10-25/h11,15-16,35H,4-10,12-14H2,1-3H3/t15-,16?,25+/m1/s1. The van der Waals surface area contributed by atoms with E-state index < -0.39 is 35.3 Å². The number of β-amino-alcohol motifs (C(OH)–C–C–N with tert-alkyl or cyclic N) is 1. The molecule has 5 rings (SSSR count). The van der Waals surface area contributed by atoms with Gasteiger partial charge in [0.25, 0.3) is 0 Å². The first kappa shape index (κ1) is 27.0. The van der Waals surface area contributed by atoms with E-state index in [1.54, 1.807) is 25.8 Å². The molecule has 3 saturated heterocycles. The summed E-state index contributed by atoms with van der Waals surface area (Å²) in [6.45, 7) is 6.78. The third-order valence-electron chi connectivity index (χ3n) is 7.26. The Balaban J connectivity index is 1.54. The summed E-state index contributed by atoms with van der Waals surface area (Å²) in [6.07, 6.45) is 2.00. The summed E-state index contributed by atoms with van der Waals surface area (Å²) in [7, 11) is 0. The maximum Gasteiger partial charge on any atom is 0.429 e. The Kier molecular flexibility index (Phi) is 7.25. The number of ether oxygens (including phenoxy) is 2. The van der Waals surface area contributed by atoms with Gasteiger partial charge in [-0.2, -0.15) is 9.97 Å². The van der Waals surface area contributed by atoms with Crippen molar-refractivity contribution in [1.82, 2.24) is 24.9 Å². The van der Waals surface area contributed by atoms with Crippen molar-refractivity contribution in [3.63, 3.8) is 0 Å². The maximum atomic E-state index is 15.2. The highest BCUT2D eigenvalue weighted by molar-refractivity contribution is 6.30. The van der Waals surface area contributed by atoms with Crippen LogP contribution in [0.25, 0.3) is 10.9 Å². The quantitative estimate of drug-likeness (QED) is 0.564. The number of rotatable bonds is 4. The number of anilines is 1. The highest BCUT2D eigenvalue weighted by Crippen LogP contribution is 2.40. The summed E-state index contributed by atoms with van der Waals surface area (Å²) >= 11 is 5.98. The van der Waals surface area contributed by atoms with E-state index >= 15 is 4.39 Å². The third kappa shape index (κ3) is 5.30. The van der Waals surface area contributed by atoms with Gasteiger partial charge in [0.2, 0.25) is 0 Å². The second-order valence-electron chi connectivity index (χ2n) is 11.3. The lowest BCUT2D eigenvalue weighted by Crippen LogP contribution is -2.50. The first-order valence-corrected chi connectivity index (χ1v) is 13.3. The fourth-order valence-electron chi connectivity index (χ4n) is 5.60. The van der Waals surface area contributed by atoms with Gasteiger partial charge in [-0.05, 0) is 53.0 Å². The molecule has 2 aromatic rings. The van der Waals surface area contributed by atoms with E-state index in [1.807, 2.05) is 0 Å². The van der Waals surface area contributed by atoms with Gasteiger partial charge in [-0.3, -0.25) is 9.91 Å². The smallest absolute Gasteiger partial charge is 0.429 e. The van der Waals surface area contributed by atoms with Gasteiger partial charge < -0.3 is 14.6 Å². The van der Waals surface area contributed by atoms with Gasteiger partial charge in [-0.15, -0.1) is 0 Å². The molecule has 0 radical (unpaired) electrons.